The van der Waals surface area contributed by atoms with Gasteiger partial charge in [-0.25, -0.2) is 8.42 Å². The fourth-order valence-electron chi connectivity index (χ4n) is 2.88. The molecule has 23 heavy (non-hydrogen) atoms. The Labute approximate surface area is 142 Å². The molecule has 1 fully saturated rings. The first kappa shape index (κ1) is 16.1. The smallest absolute Gasteiger partial charge is 0.261 e. The molecule has 1 N–H and O–H groups in total. The lowest BCUT2D eigenvalue weighted by molar-refractivity contribution is 0.601. The van der Waals surface area contributed by atoms with E-state index in [1.165, 1.54) is 30.7 Å². The Balaban J connectivity index is 1.84. The van der Waals surface area contributed by atoms with Gasteiger partial charge in [-0.05, 0) is 61.7 Å². The Kier molecular flexibility index (Phi) is 4.50. The fourth-order valence-corrected chi connectivity index (χ4v) is 4.23. The summed E-state index contributed by atoms with van der Waals surface area (Å²) in [6.07, 6.45) is 2.42. The minimum absolute atomic E-state index is 0.159. The highest BCUT2D eigenvalue weighted by molar-refractivity contribution is 7.92. The first-order chi connectivity index (χ1) is 11.0. The second-order valence-electron chi connectivity index (χ2n) is 5.76. The Bertz CT molecular complexity index is 815. The Hall–Kier alpha value is -1.72. The van der Waals surface area contributed by atoms with Crippen molar-refractivity contribution in [2.75, 3.05) is 22.7 Å². The third-order valence-corrected chi connectivity index (χ3v) is 5.62. The van der Waals surface area contributed by atoms with E-state index in [1.54, 1.807) is 12.1 Å². The number of sulfonamides is 1. The molecule has 0 unspecified atom stereocenters. The van der Waals surface area contributed by atoms with Crippen molar-refractivity contribution < 1.29 is 8.42 Å². The number of aryl methyl sites for hydroxylation is 1. The van der Waals surface area contributed by atoms with Gasteiger partial charge in [-0.15, -0.1) is 0 Å². The van der Waals surface area contributed by atoms with Crippen LogP contribution in [0.25, 0.3) is 0 Å². The van der Waals surface area contributed by atoms with E-state index in [9.17, 15) is 8.42 Å². The summed E-state index contributed by atoms with van der Waals surface area (Å²) in [5.41, 5.74) is 2.80. The van der Waals surface area contributed by atoms with Crippen LogP contribution in [0.3, 0.4) is 0 Å². The normalized spacial score (nSPS) is 15.0. The molecule has 2 aromatic rings. The summed E-state index contributed by atoms with van der Waals surface area (Å²) in [6, 6.07) is 11.9. The summed E-state index contributed by atoms with van der Waals surface area (Å²) >= 11 is 5.87. The molecule has 1 aliphatic heterocycles. The highest BCUT2D eigenvalue weighted by atomic mass is 35.5. The van der Waals surface area contributed by atoms with Crippen LogP contribution < -0.4 is 9.62 Å². The maximum Gasteiger partial charge on any atom is 0.261 e. The Morgan fingerprint density at radius 2 is 1.83 bits per heavy atom. The van der Waals surface area contributed by atoms with Crippen LogP contribution in [0.1, 0.15) is 18.4 Å². The van der Waals surface area contributed by atoms with Gasteiger partial charge in [0.2, 0.25) is 0 Å². The number of hydrogen-bond acceptors (Lipinski definition) is 3. The van der Waals surface area contributed by atoms with Gasteiger partial charge in [-0.1, -0.05) is 17.7 Å². The zero-order chi connectivity index (χ0) is 16.4. The van der Waals surface area contributed by atoms with Crippen LogP contribution in [0.5, 0.6) is 0 Å². The maximum atomic E-state index is 12.4. The number of anilines is 2. The molecule has 0 aliphatic carbocycles. The molecular formula is C17H19ClN2O2S. The zero-order valence-corrected chi connectivity index (χ0v) is 14.5. The second-order valence-corrected chi connectivity index (χ2v) is 7.88. The monoisotopic (exact) mass is 350 g/mol. The van der Waals surface area contributed by atoms with E-state index in [-0.39, 0.29) is 4.90 Å². The van der Waals surface area contributed by atoms with E-state index in [0.717, 1.165) is 18.7 Å². The van der Waals surface area contributed by atoms with Gasteiger partial charge in [0.05, 0.1) is 4.90 Å². The number of nitrogens with zero attached hydrogens (tertiary/aromatic N) is 1. The van der Waals surface area contributed by atoms with Gasteiger partial charge in [0.15, 0.2) is 0 Å². The fraction of sp³-hybridized carbons (Fsp3) is 0.294. The number of nitrogens with one attached hydrogen (secondary N) is 1. The third-order valence-electron chi connectivity index (χ3n) is 4.00. The highest BCUT2D eigenvalue weighted by Crippen LogP contribution is 2.28. The topological polar surface area (TPSA) is 49.4 Å². The predicted octanol–water partition coefficient (Wildman–Crippen LogP) is 4.05. The van der Waals surface area contributed by atoms with Crippen LogP contribution >= 0.6 is 11.6 Å². The van der Waals surface area contributed by atoms with E-state index in [2.05, 4.69) is 9.62 Å². The molecule has 1 aliphatic rings. The molecule has 0 radical (unpaired) electrons. The summed E-state index contributed by atoms with van der Waals surface area (Å²) in [6.45, 7) is 4.13. The molecule has 2 aromatic carbocycles. The van der Waals surface area contributed by atoms with Crippen molar-refractivity contribution in [2.24, 2.45) is 0 Å². The lowest BCUT2D eigenvalue weighted by atomic mass is 10.1. The van der Waals surface area contributed by atoms with Crippen molar-refractivity contribution in [3.8, 4) is 0 Å². The maximum absolute atomic E-state index is 12.4. The molecule has 0 amide bonds. The average molecular weight is 351 g/mol. The van der Waals surface area contributed by atoms with Crippen molar-refractivity contribution >= 4 is 33.0 Å². The van der Waals surface area contributed by atoms with E-state index in [1.807, 2.05) is 25.1 Å². The second kappa shape index (κ2) is 6.42. The van der Waals surface area contributed by atoms with E-state index >= 15 is 0 Å². The molecule has 1 heterocycles. The van der Waals surface area contributed by atoms with Gasteiger partial charge in [0.25, 0.3) is 10.0 Å². The van der Waals surface area contributed by atoms with Crippen molar-refractivity contribution in [2.45, 2.75) is 24.7 Å². The minimum atomic E-state index is -3.63. The molecule has 0 aromatic heterocycles. The predicted molar refractivity (Wildman–Crippen MR) is 94.9 cm³/mol. The lowest BCUT2D eigenvalue weighted by Gasteiger charge is -2.21. The van der Waals surface area contributed by atoms with Gasteiger partial charge >= 0.3 is 0 Å². The number of rotatable bonds is 4. The quantitative estimate of drug-likeness (QED) is 0.905. The van der Waals surface area contributed by atoms with Crippen LogP contribution in [-0.4, -0.2) is 21.5 Å². The molecule has 0 atom stereocenters. The highest BCUT2D eigenvalue weighted by Gasteiger charge is 2.17. The first-order valence-corrected chi connectivity index (χ1v) is 9.46. The van der Waals surface area contributed by atoms with Crippen molar-refractivity contribution in [1.29, 1.82) is 0 Å². The summed E-state index contributed by atoms with van der Waals surface area (Å²) in [5, 5.41) is 0.397. The summed E-state index contributed by atoms with van der Waals surface area (Å²) in [5.74, 6) is 0. The molecule has 4 nitrogen and oxygen atoms in total. The zero-order valence-electron chi connectivity index (χ0n) is 12.9. The Morgan fingerprint density at radius 3 is 2.48 bits per heavy atom. The Morgan fingerprint density at radius 1 is 1.09 bits per heavy atom. The van der Waals surface area contributed by atoms with Gasteiger partial charge < -0.3 is 4.90 Å². The number of hydrogen-bond donors (Lipinski definition) is 1. The largest absolute Gasteiger partial charge is 0.371 e. The summed E-state index contributed by atoms with van der Waals surface area (Å²) in [4.78, 5) is 2.50. The molecular weight excluding hydrogens is 332 g/mol. The SMILES string of the molecule is Cc1cc(NS(=O)(=O)c2cccc(Cl)c2)ccc1N1CCCC1. The van der Waals surface area contributed by atoms with Crippen LogP contribution in [-0.2, 0) is 10.0 Å². The minimum Gasteiger partial charge on any atom is -0.371 e. The van der Waals surface area contributed by atoms with E-state index < -0.39 is 10.0 Å². The lowest BCUT2D eigenvalue weighted by Crippen LogP contribution is -2.19. The standard InChI is InChI=1S/C17H19ClN2O2S/c1-13-11-15(7-8-17(13)20-9-2-3-10-20)19-23(21,22)16-6-4-5-14(18)12-16/h4-8,11-12,19H,2-3,9-10H2,1H3. The van der Waals surface area contributed by atoms with Crippen molar-refractivity contribution in [3.63, 3.8) is 0 Å². The number of halogens is 1. The van der Waals surface area contributed by atoms with Crippen LogP contribution in [0, 0.1) is 6.92 Å². The molecule has 1 saturated heterocycles. The number of benzene rings is 2. The molecule has 122 valence electrons. The average Bonchev–Trinajstić information content (AvgIpc) is 3.01. The van der Waals surface area contributed by atoms with E-state index in [4.69, 9.17) is 11.6 Å². The van der Waals surface area contributed by atoms with Gasteiger partial charge in [-0.2, -0.15) is 0 Å². The molecule has 0 spiro atoms. The summed E-state index contributed by atoms with van der Waals surface area (Å²) in [7, 11) is -3.63. The van der Waals surface area contributed by atoms with E-state index in [0.29, 0.717) is 10.7 Å². The molecule has 0 bridgehead atoms. The van der Waals surface area contributed by atoms with Gasteiger partial charge in [0.1, 0.15) is 0 Å². The van der Waals surface area contributed by atoms with Crippen molar-refractivity contribution in [3.05, 3.63) is 53.1 Å². The van der Waals surface area contributed by atoms with Crippen LogP contribution in [0.4, 0.5) is 11.4 Å². The molecule has 3 rings (SSSR count). The van der Waals surface area contributed by atoms with Gasteiger partial charge in [-0.3, -0.25) is 4.72 Å². The third kappa shape index (κ3) is 3.62. The molecule has 0 saturated carbocycles. The summed E-state index contributed by atoms with van der Waals surface area (Å²) < 4.78 is 27.5. The first-order valence-electron chi connectivity index (χ1n) is 7.60. The van der Waals surface area contributed by atoms with Crippen molar-refractivity contribution in [1.82, 2.24) is 0 Å². The van der Waals surface area contributed by atoms with Crippen LogP contribution in [0.2, 0.25) is 5.02 Å². The van der Waals surface area contributed by atoms with Crippen LogP contribution in [0.15, 0.2) is 47.4 Å². The molecule has 6 heteroatoms. The van der Waals surface area contributed by atoms with Gasteiger partial charge in [0, 0.05) is 29.5 Å².